The summed E-state index contributed by atoms with van der Waals surface area (Å²) in [6.45, 7) is 6.33. The number of hydrogen-bond acceptors (Lipinski definition) is 16. The Kier molecular flexibility index (Phi) is 11.8. The number of nitrogens with two attached hydrogens (primary N) is 2. The second kappa shape index (κ2) is 15.8. The fourth-order valence-corrected chi connectivity index (χ4v) is 8.61. The third-order valence-electron chi connectivity index (χ3n) is 9.29. The minimum Gasteiger partial charge on any atom is -0.504 e. The van der Waals surface area contributed by atoms with Crippen LogP contribution in [0.2, 0.25) is 5.02 Å². The van der Waals surface area contributed by atoms with Gasteiger partial charge in [-0.15, -0.1) is 23.1 Å². The highest BCUT2D eigenvalue weighted by molar-refractivity contribution is 8.00. The Balaban J connectivity index is 1.31. The number of nitrogen functional groups attached to an aromatic ring is 1. The molecule has 0 aliphatic carbocycles. The van der Waals surface area contributed by atoms with Gasteiger partial charge in [0.15, 0.2) is 22.3 Å². The molecule has 1 aromatic carbocycles. The first kappa shape index (κ1) is 40.2. The van der Waals surface area contributed by atoms with Crippen molar-refractivity contribution in [3.05, 3.63) is 45.1 Å². The highest BCUT2D eigenvalue weighted by Crippen LogP contribution is 2.45. The SMILES string of the molecule is C[C@@H]1S[C@@H]2[C@H](NC(=O)/C(=N\OC(C)(C)C(=O)ON)c3csc(N)n3)C(=O)N2C(C(=O)O)=C1C[N+]1(CCNC(=O)C(=O)c2ccc(O)c(O)c2Cl)CCCC1. The number of rotatable bonds is 14. The van der Waals surface area contributed by atoms with Crippen LogP contribution in [0.3, 0.4) is 0 Å². The Bertz CT molecular complexity index is 1960. The molecule has 54 heavy (non-hydrogen) atoms. The summed E-state index contributed by atoms with van der Waals surface area (Å²) in [5.41, 5.74) is 3.66. The molecule has 1 aromatic heterocycles. The lowest BCUT2D eigenvalue weighted by atomic mass is 9.99. The van der Waals surface area contributed by atoms with Crippen LogP contribution in [0.4, 0.5) is 5.13 Å². The first-order valence-electron chi connectivity index (χ1n) is 16.4. The third kappa shape index (κ3) is 7.94. The van der Waals surface area contributed by atoms with E-state index in [-0.39, 0.29) is 35.2 Å². The highest BCUT2D eigenvalue weighted by Gasteiger charge is 2.57. The lowest BCUT2D eigenvalue weighted by Gasteiger charge is -2.51. The fraction of sp³-hybridized carbons (Fsp3) is 0.438. The van der Waals surface area contributed by atoms with E-state index in [0.29, 0.717) is 29.7 Å². The molecule has 290 valence electrons. The summed E-state index contributed by atoms with van der Waals surface area (Å²) < 4.78 is 0.379. The number of nitrogens with zero attached hydrogens (tertiary/aromatic N) is 4. The minimum atomic E-state index is -1.71. The Labute approximate surface area is 320 Å². The molecule has 0 spiro atoms. The van der Waals surface area contributed by atoms with Gasteiger partial charge in [-0.3, -0.25) is 24.1 Å². The van der Waals surface area contributed by atoms with Gasteiger partial charge in [0.2, 0.25) is 5.60 Å². The molecule has 2 aromatic rings. The van der Waals surface area contributed by atoms with Gasteiger partial charge >= 0.3 is 11.9 Å². The van der Waals surface area contributed by atoms with Gasteiger partial charge in [0, 0.05) is 29.0 Å². The molecule has 5 rings (SSSR count). The Morgan fingerprint density at radius 1 is 1.17 bits per heavy atom. The molecular formula is C32H38ClN8O11S2+. The van der Waals surface area contributed by atoms with Crippen LogP contribution in [0.15, 0.2) is 33.9 Å². The molecule has 2 fully saturated rings. The second-order valence-electron chi connectivity index (χ2n) is 13.3. The monoisotopic (exact) mass is 809 g/mol. The number of carbonyl (C=O) groups excluding carboxylic acids is 5. The number of ketones is 1. The van der Waals surface area contributed by atoms with Crippen LogP contribution in [0.25, 0.3) is 0 Å². The number of thiazole rings is 1. The zero-order valence-corrected chi connectivity index (χ0v) is 31.5. The maximum absolute atomic E-state index is 13.6. The number of aromatic nitrogens is 1. The lowest BCUT2D eigenvalue weighted by molar-refractivity contribution is -0.911. The number of carboxylic acids is 1. The van der Waals surface area contributed by atoms with E-state index in [9.17, 15) is 44.1 Å². The molecule has 19 nitrogen and oxygen atoms in total. The van der Waals surface area contributed by atoms with Gasteiger partial charge in [0.1, 0.15) is 29.4 Å². The smallest absolute Gasteiger partial charge is 0.371 e. The molecule has 4 heterocycles. The first-order valence-corrected chi connectivity index (χ1v) is 18.6. The molecule has 0 unspecified atom stereocenters. The Morgan fingerprint density at radius 3 is 2.46 bits per heavy atom. The number of likely N-dealkylation sites (tertiary alicyclic amines) is 1. The van der Waals surface area contributed by atoms with E-state index in [0.717, 1.165) is 41.2 Å². The summed E-state index contributed by atoms with van der Waals surface area (Å²) >= 11 is 8.25. The number of carbonyl (C=O) groups is 6. The second-order valence-corrected chi connectivity index (χ2v) is 16.0. The summed E-state index contributed by atoms with van der Waals surface area (Å²) in [7, 11) is 0. The summed E-state index contributed by atoms with van der Waals surface area (Å²) in [6.07, 6.45) is 1.66. The number of anilines is 1. The van der Waals surface area contributed by atoms with Crippen LogP contribution in [0.5, 0.6) is 11.5 Å². The van der Waals surface area contributed by atoms with Gasteiger partial charge in [0.05, 0.1) is 36.8 Å². The standard InChI is InChI=1S/C32H37ClN8O11S2/c1-14-16(12-41(9-4-5-10-41)11-8-36-26(46)23(43)15-6-7-18(42)24(44)19(15)33)22(29(48)49)40-27(47)21(28(40)54-14)38-25(45)20(17-13-53-31(34)37-17)39-52-32(2,3)30(50)51-35/h6-7,13-14,21,28H,4-5,8-12,35H2,1-3H3,(H6-,34,36,37,38,39,42,43,44,45,46,48,49)/p+1/t14-,21+,28+/m0/s1. The lowest BCUT2D eigenvalue weighted by Crippen LogP contribution is -2.72. The van der Waals surface area contributed by atoms with E-state index >= 15 is 0 Å². The number of halogens is 1. The van der Waals surface area contributed by atoms with Crippen molar-refractivity contribution in [1.82, 2.24) is 20.5 Å². The zero-order valence-electron chi connectivity index (χ0n) is 29.2. The van der Waals surface area contributed by atoms with Crippen molar-refractivity contribution in [2.45, 2.75) is 55.9 Å². The van der Waals surface area contributed by atoms with Crippen molar-refractivity contribution in [2.75, 3.05) is 38.5 Å². The average Bonchev–Trinajstić information content (AvgIpc) is 3.78. The van der Waals surface area contributed by atoms with Crippen LogP contribution in [-0.4, -0.2) is 126 Å². The average molecular weight is 810 g/mol. The van der Waals surface area contributed by atoms with Crippen molar-refractivity contribution < 1.29 is 58.2 Å². The quantitative estimate of drug-likeness (QED) is 0.0259. The van der Waals surface area contributed by atoms with Crippen molar-refractivity contribution in [3.63, 3.8) is 0 Å². The molecule has 3 aliphatic heterocycles. The largest absolute Gasteiger partial charge is 0.504 e. The number of quaternary nitrogens is 1. The van der Waals surface area contributed by atoms with Crippen LogP contribution in [0.1, 0.15) is 49.7 Å². The molecule has 2 saturated heterocycles. The van der Waals surface area contributed by atoms with Crippen LogP contribution in [0, 0.1) is 0 Å². The number of nitrogens with one attached hydrogen (secondary N) is 2. The molecule has 22 heteroatoms. The number of β-lactam (4-membered cyclic amide) rings is 1. The van der Waals surface area contributed by atoms with Crippen molar-refractivity contribution in [2.24, 2.45) is 11.1 Å². The number of fused-ring (bicyclic) bond motifs is 1. The van der Waals surface area contributed by atoms with Crippen molar-refractivity contribution in [3.8, 4) is 11.5 Å². The molecular weight excluding hydrogens is 772 g/mol. The van der Waals surface area contributed by atoms with E-state index in [2.05, 4.69) is 25.6 Å². The van der Waals surface area contributed by atoms with E-state index in [4.69, 9.17) is 28.1 Å². The predicted octanol–water partition coefficient (Wildman–Crippen LogP) is 0.443. The van der Waals surface area contributed by atoms with Gasteiger partial charge in [-0.05, 0) is 32.9 Å². The number of Topliss-reactive ketones (excluding diaryl/α,β-unsaturated/α-hetero) is 1. The maximum Gasteiger partial charge on any atom is 0.371 e. The number of hydrogen-bond donors (Lipinski definition) is 7. The van der Waals surface area contributed by atoms with Crippen molar-refractivity contribution >= 4 is 81.0 Å². The number of phenolic OH excluding ortho intramolecular Hbond substituents is 2. The third-order valence-corrected chi connectivity index (χ3v) is 11.8. The van der Waals surface area contributed by atoms with Crippen LogP contribution < -0.4 is 22.3 Å². The summed E-state index contributed by atoms with van der Waals surface area (Å²) in [5, 5.41) is 38.7. The molecule has 9 N–H and O–H groups in total. The fourth-order valence-electron chi connectivity index (χ4n) is 6.37. The van der Waals surface area contributed by atoms with E-state index in [1.807, 2.05) is 6.92 Å². The van der Waals surface area contributed by atoms with Gasteiger partial charge in [-0.2, -0.15) is 5.90 Å². The molecule has 3 amide bonds. The number of aliphatic carboxylic acids is 1. The van der Waals surface area contributed by atoms with E-state index in [1.54, 1.807) is 0 Å². The predicted molar refractivity (Wildman–Crippen MR) is 194 cm³/mol. The Morgan fingerprint density at radius 2 is 1.85 bits per heavy atom. The number of thioether (sulfide) groups is 1. The van der Waals surface area contributed by atoms with Crippen LogP contribution >= 0.6 is 34.7 Å². The van der Waals surface area contributed by atoms with Gasteiger partial charge in [-0.1, -0.05) is 16.8 Å². The van der Waals surface area contributed by atoms with Gasteiger partial charge < -0.3 is 45.8 Å². The molecule has 3 atom stereocenters. The topological polar surface area (TPSA) is 286 Å². The number of benzene rings is 1. The van der Waals surface area contributed by atoms with Crippen LogP contribution in [-0.2, 0) is 33.6 Å². The zero-order chi connectivity index (χ0) is 39.7. The summed E-state index contributed by atoms with van der Waals surface area (Å²) in [4.78, 5) is 92.2. The number of carboxylic acid groups (broad SMARTS) is 1. The number of amides is 3. The normalized spacial score (nSPS) is 20.8. The van der Waals surface area contributed by atoms with Gasteiger partial charge in [0.25, 0.3) is 23.5 Å². The number of oxime groups is 1. The molecule has 0 saturated carbocycles. The van der Waals surface area contributed by atoms with Crippen molar-refractivity contribution in [1.29, 1.82) is 0 Å². The summed E-state index contributed by atoms with van der Waals surface area (Å²) in [5.74, 6) is -2.18. The first-order chi connectivity index (χ1) is 25.4. The van der Waals surface area contributed by atoms with E-state index < -0.39 is 79.9 Å². The summed E-state index contributed by atoms with van der Waals surface area (Å²) in [6, 6.07) is 1.01. The number of aromatic hydroxyl groups is 2. The van der Waals surface area contributed by atoms with Gasteiger partial charge in [-0.25, -0.2) is 14.6 Å². The number of phenols is 2. The molecule has 0 radical (unpaired) electrons. The highest BCUT2D eigenvalue weighted by atomic mass is 35.5. The van der Waals surface area contributed by atoms with E-state index in [1.165, 1.54) is 31.0 Å². The minimum absolute atomic E-state index is 0.00254. The maximum atomic E-state index is 13.6. The Hall–Kier alpha value is -4.96. The molecule has 3 aliphatic rings. The molecule has 0 bridgehead atoms.